The number of β-lactam (4-membered cyclic amide) rings is 1. The second-order valence-electron chi connectivity index (χ2n) is 9.08. The number of hydrogen-bond acceptors (Lipinski definition) is 4. The quantitative estimate of drug-likeness (QED) is 0.377. The van der Waals surface area contributed by atoms with Crippen LogP contribution in [0.25, 0.3) is 0 Å². The highest BCUT2D eigenvalue weighted by atomic mass is 28.4. The predicted molar refractivity (Wildman–Crippen MR) is 123 cm³/mol. The predicted octanol–water partition coefficient (Wildman–Crippen LogP) is 5.88. The molecule has 1 saturated heterocycles. The third-order valence-corrected chi connectivity index (χ3v) is 12.6. The SMILES string of the molecule is COc1ccc(N2C(=O)C(O[Si](C(C)C)(C(C)C)C(C)C)C2c2ncccc2F)cc1. The second-order valence-corrected chi connectivity index (χ2v) is 14.5. The van der Waals surface area contributed by atoms with Gasteiger partial charge in [0.25, 0.3) is 5.91 Å². The summed E-state index contributed by atoms with van der Waals surface area (Å²) in [4.78, 5) is 19.3. The number of halogens is 1. The van der Waals surface area contributed by atoms with Crippen molar-refractivity contribution in [2.75, 3.05) is 12.0 Å². The molecule has 1 aliphatic rings. The zero-order valence-corrected chi connectivity index (χ0v) is 20.4. The van der Waals surface area contributed by atoms with Crippen LogP contribution in [0, 0.1) is 5.82 Å². The highest BCUT2D eigenvalue weighted by Crippen LogP contribution is 2.49. The van der Waals surface area contributed by atoms with Crippen molar-refractivity contribution >= 4 is 19.9 Å². The molecular formula is C24H33FN2O3Si. The number of rotatable bonds is 8. The zero-order valence-electron chi connectivity index (χ0n) is 19.4. The Balaban J connectivity index is 2.05. The molecule has 31 heavy (non-hydrogen) atoms. The third-order valence-electron chi connectivity index (χ3n) is 6.50. The first-order valence-corrected chi connectivity index (χ1v) is 13.0. The Morgan fingerprint density at radius 1 is 1.00 bits per heavy atom. The molecule has 1 aromatic heterocycles. The van der Waals surface area contributed by atoms with Gasteiger partial charge in [0.2, 0.25) is 8.32 Å². The van der Waals surface area contributed by atoms with Crippen molar-refractivity contribution in [3.05, 3.63) is 54.1 Å². The number of pyridine rings is 1. The molecule has 2 unspecified atom stereocenters. The van der Waals surface area contributed by atoms with Gasteiger partial charge in [-0.15, -0.1) is 0 Å². The Labute approximate surface area is 185 Å². The Morgan fingerprint density at radius 3 is 2.06 bits per heavy atom. The summed E-state index contributed by atoms with van der Waals surface area (Å²) >= 11 is 0. The molecule has 0 spiro atoms. The lowest BCUT2D eigenvalue weighted by Gasteiger charge is -2.52. The van der Waals surface area contributed by atoms with Crippen molar-refractivity contribution in [1.29, 1.82) is 0 Å². The normalized spacial score (nSPS) is 19.3. The number of nitrogens with zero attached hydrogens (tertiary/aromatic N) is 2. The first-order chi connectivity index (χ1) is 14.6. The van der Waals surface area contributed by atoms with Crippen LogP contribution in [0.5, 0.6) is 5.75 Å². The number of carbonyl (C=O) groups is 1. The van der Waals surface area contributed by atoms with Crippen molar-refractivity contribution in [3.8, 4) is 5.75 Å². The van der Waals surface area contributed by atoms with E-state index in [1.54, 1.807) is 48.5 Å². The van der Waals surface area contributed by atoms with Crippen molar-refractivity contribution in [2.24, 2.45) is 0 Å². The number of ether oxygens (including phenoxy) is 1. The molecule has 0 saturated carbocycles. The number of benzene rings is 1. The van der Waals surface area contributed by atoms with Crippen LogP contribution in [-0.2, 0) is 9.22 Å². The van der Waals surface area contributed by atoms with Crippen LogP contribution >= 0.6 is 0 Å². The number of amides is 1. The topological polar surface area (TPSA) is 51.7 Å². The van der Waals surface area contributed by atoms with Gasteiger partial charge < -0.3 is 9.16 Å². The summed E-state index contributed by atoms with van der Waals surface area (Å²) in [6.45, 7) is 13.0. The van der Waals surface area contributed by atoms with Crippen LogP contribution in [0.4, 0.5) is 10.1 Å². The molecule has 1 fully saturated rings. The van der Waals surface area contributed by atoms with Crippen LogP contribution in [0.15, 0.2) is 42.6 Å². The number of hydrogen-bond donors (Lipinski definition) is 0. The number of carbonyl (C=O) groups excluding carboxylic acids is 1. The average Bonchev–Trinajstić information content (AvgIpc) is 2.72. The van der Waals surface area contributed by atoms with Gasteiger partial charge in [-0.25, -0.2) is 4.39 Å². The van der Waals surface area contributed by atoms with Gasteiger partial charge in [-0.2, -0.15) is 0 Å². The highest BCUT2D eigenvalue weighted by Gasteiger charge is 2.57. The van der Waals surface area contributed by atoms with Gasteiger partial charge in [0.1, 0.15) is 23.3 Å². The molecule has 7 heteroatoms. The van der Waals surface area contributed by atoms with E-state index in [4.69, 9.17) is 9.16 Å². The Hall–Kier alpha value is -2.25. The minimum Gasteiger partial charge on any atom is -0.497 e. The van der Waals surface area contributed by atoms with Gasteiger partial charge in [0.05, 0.1) is 7.11 Å². The van der Waals surface area contributed by atoms with Gasteiger partial charge in [0, 0.05) is 11.9 Å². The smallest absolute Gasteiger partial charge is 0.258 e. The molecule has 5 nitrogen and oxygen atoms in total. The van der Waals surface area contributed by atoms with Gasteiger partial charge in [-0.1, -0.05) is 41.5 Å². The fourth-order valence-electron chi connectivity index (χ4n) is 5.12. The summed E-state index contributed by atoms with van der Waals surface area (Å²) in [5.74, 6) is 0.105. The van der Waals surface area contributed by atoms with Gasteiger partial charge in [0.15, 0.2) is 6.10 Å². The molecule has 0 N–H and O–H groups in total. The standard InChI is InChI=1S/C24H33FN2O3Si/c1-15(2)31(16(3)4,17(5)6)30-23-22(21-20(25)9-8-14-26-21)27(24(23)28)18-10-12-19(29-7)13-11-18/h8-17,22-23H,1-7H3. The minimum absolute atomic E-state index is 0.154. The zero-order chi connectivity index (χ0) is 22.9. The van der Waals surface area contributed by atoms with Crippen LogP contribution in [0.1, 0.15) is 53.3 Å². The third kappa shape index (κ3) is 4.01. The number of methoxy groups -OCH3 is 1. The molecule has 0 radical (unpaired) electrons. The average molecular weight is 445 g/mol. The van der Waals surface area contributed by atoms with Crippen molar-refractivity contribution in [2.45, 2.75) is 70.3 Å². The fourth-order valence-corrected chi connectivity index (χ4v) is 10.6. The van der Waals surface area contributed by atoms with Crippen LogP contribution in [0.2, 0.25) is 16.6 Å². The monoisotopic (exact) mass is 444 g/mol. The van der Waals surface area contributed by atoms with Crippen molar-refractivity contribution < 1.29 is 18.3 Å². The molecular weight excluding hydrogens is 411 g/mol. The highest BCUT2D eigenvalue weighted by molar-refractivity contribution is 6.77. The fraction of sp³-hybridized carbons (Fsp3) is 0.500. The van der Waals surface area contributed by atoms with Gasteiger partial charge >= 0.3 is 0 Å². The molecule has 2 aromatic rings. The summed E-state index contributed by atoms with van der Waals surface area (Å²) < 4.78 is 26.8. The van der Waals surface area contributed by atoms with E-state index in [0.29, 0.717) is 28.1 Å². The summed E-state index contributed by atoms with van der Waals surface area (Å²) in [6, 6.07) is 9.52. The Bertz CT molecular complexity index is 896. The van der Waals surface area contributed by atoms with Crippen molar-refractivity contribution in [1.82, 2.24) is 4.98 Å². The van der Waals surface area contributed by atoms with Crippen LogP contribution in [0.3, 0.4) is 0 Å². The van der Waals surface area contributed by atoms with Gasteiger partial charge in [-0.05, 0) is 53.0 Å². The number of aromatic nitrogens is 1. The van der Waals surface area contributed by atoms with E-state index in [-0.39, 0.29) is 11.6 Å². The van der Waals surface area contributed by atoms with E-state index in [1.807, 2.05) is 0 Å². The largest absolute Gasteiger partial charge is 0.497 e. The van der Waals surface area contributed by atoms with E-state index in [2.05, 4.69) is 46.5 Å². The van der Waals surface area contributed by atoms with E-state index in [0.717, 1.165) is 0 Å². The van der Waals surface area contributed by atoms with Gasteiger partial charge in [-0.3, -0.25) is 14.7 Å². The Morgan fingerprint density at radius 2 is 1.58 bits per heavy atom. The molecule has 2 atom stereocenters. The molecule has 1 aliphatic heterocycles. The summed E-state index contributed by atoms with van der Waals surface area (Å²) in [7, 11) is -0.766. The second kappa shape index (κ2) is 9.08. The van der Waals surface area contributed by atoms with E-state index in [9.17, 15) is 9.18 Å². The number of anilines is 1. The first kappa shape index (κ1) is 23.4. The molecule has 3 rings (SSSR count). The van der Waals surface area contributed by atoms with E-state index in [1.165, 1.54) is 6.07 Å². The molecule has 0 aliphatic carbocycles. The molecule has 0 bridgehead atoms. The molecule has 1 aromatic carbocycles. The maximum Gasteiger partial charge on any atom is 0.258 e. The lowest BCUT2D eigenvalue weighted by molar-refractivity contribution is -0.136. The van der Waals surface area contributed by atoms with E-state index < -0.39 is 26.3 Å². The summed E-state index contributed by atoms with van der Waals surface area (Å²) in [5, 5.41) is 0. The van der Waals surface area contributed by atoms with E-state index >= 15 is 0 Å². The maximum absolute atomic E-state index is 14.8. The lowest BCUT2D eigenvalue weighted by atomic mass is 9.93. The molecule has 2 heterocycles. The Kier molecular flexibility index (Phi) is 6.86. The summed E-state index contributed by atoms with van der Waals surface area (Å²) in [6.07, 6.45) is 0.813. The minimum atomic E-state index is -2.36. The maximum atomic E-state index is 14.8. The van der Waals surface area contributed by atoms with Crippen LogP contribution in [-0.4, -0.2) is 32.4 Å². The molecule has 1 amide bonds. The molecule has 168 valence electrons. The lowest BCUT2D eigenvalue weighted by Crippen LogP contribution is -2.65. The first-order valence-electron chi connectivity index (χ1n) is 10.9. The van der Waals surface area contributed by atoms with Crippen LogP contribution < -0.4 is 9.64 Å². The van der Waals surface area contributed by atoms with Crippen molar-refractivity contribution in [3.63, 3.8) is 0 Å². The summed E-state index contributed by atoms with van der Waals surface area (Å²) in [5.41, 5.74) is 1.84.